The second-order valence-corrected chi connectivity index (χ2v) is 4.38. The van der Waals surface area contributed by atoms with Crippen LogP contribution in [0.1, 0.15) is 21.9 Å². The number of aryl methyl sites for hydroxylation is 2. The lowest BCUT2D eigenvalue weighted by atomic mass is 10.2. The fourth-order valence-electron chi connectivity index (χ4n) is 1.78. The van der Waals surface area contributed by atoms with Gasteiger partial charge in [-0.05, 0) is 13.0 Å². The molecule has 8 heteroatoms. The molecule has 2 heterocycles. The van der Waals surface area contributed by atoms with Crippen molar-refractivity contribution in [1.82, 2.24) is 25.1 Å². The van der Waals surface area contributed by atoms with Crippen molar-refractivity contribution >= 4 is 11.6 Å². The third-order valence-electron chi connectivity index (χ3n) is 2.88. The molecule has 0 unspecified atom stereocenters. The maximum absolute atomic E-state index is 12.1. The van der Waals surface area contributed by atoms with Crippen LogP contribution in [0.3, 0.4) is 0 Å². The van der Waals surface area contributed by atoms with E-state index in [9.17, 15) is 4.79 Å². The summed E-state index contributed by atoms with van der Waals surface area (Å²) in [7, 11) is 1.86. The molecule has 4 N–H and O–H groups in total. The summed E-state index contributed by atoms with van der Waals surface area (Å²) in [5, 5.41) is 10.5. The van der Waals surface area contributed by atoms with E-state index in [0.29, 0.717) is 24.2 Å². The molecule has 2 aromatic heterocycles. The molecule has 0 aliphatic rings. The normalized spacial score (nSPS) is 10.3. The number of nitrogens with one attached hydrogen (secondary N) is 2. The Labute approximate surface area is 116 Å². The summed E-state index contributed by atoms with van der Waals surface area (Å²) in [5.41, 5.74) is 4.25. The van der Waals surface area contributed by atoms with Crippen LogP contribution in [0.4, 0.5) is 5.69 Å². The highest BCUT2D eigenvalue weighted by atomic mass is 16.1. The molecule has 1 amide bonds. The highest BCUT2D eigenvalue weighted by Crippen LogP contribution is 2.13. The predicted octanol–water partition coefficient (Wildman–Crippen LogP) is -0.223. The Morgan fingerprint density at radius 2 is 2.30 bits per heavy atom. The van der Waals surface area contributed by atoms with Crippen molar-refractivity contribution in [1.29, 1.82) is 0 Å². The molecule has 20 heavy (non-hydrogen) atoms. The van der Waals surface area contributed by atoms with E-state index in [-0.39, 0.29) is 5.91 Å². The van der Waals surface area contributed by atoms with Crippen molar-refractivity contribution in [2.75, 3.05) is 12.0 Å². The maximum Gasteiger partial charge on any atom is 0.255 e. The van der Waals surface area contributed by atoms with E-state index in [1.165, 1.54) is 6.20 Å². The van der Waals surface area contributed by atoms with E-state index in [2.05, 4.69) is 25.9 Å². The fraction of sp³-hybridized carbons (Fsp3) is 0.333. The van der Waals surface area contributed by atoms with Crippen LogP contribution in [-0.4, -0.2) is 32.2 Å². The third-order valence-corrected chi connectivity index (χ3v) is 2.88. The molecule has 0 atom stereocenters. The van der Waals surface area contributed by atoms with Crippen LogP contribution in [-0.2, 0) is 13.5 Å². The zero-order chi connectivity index (χ0) is 14.5. The van der Waals surface area contributed by atoms with Gasteiger partial charge < -0.3 is 15.3 Å². The van der Waals surface area contributed by atoms with Gasteiger partial charge in [-0.15, -0.1) is 10.2 Å². The molecule has 0 fully saturated rings. The van der Waals surface area contributed by atoms with Crippen molar-refractivity contribution in [3.05, 3.63) is 35.7 Å². The molecule has 0 saturated heterocycles. The van der Waals surface area contributed by atoms with E-state index in [0.717, 1.165) is 11.5 Å². The average molecular weight is 275 g/mol. The van der Waals surface area contributed by atoms with Crippen molar-refractivity contribution in [2.45, 2.75) is 13.3 Å². The topological polar surface area (TPSA) is 111 Å². The number of aromatic nitrogens is 4. The first-order valence-electron chi connectivity index (χ1n) is 6.16. The number of nitrogens with zero attached hydrogens (tertiary/aromatic N) is 4. The first-order chi connectivity index (χ1) is 9.61. The summed E-state index contributed by atoms with van der Waals surface area (Å²) >= 11 is 0. The summed E-state index contributed by atoms with van der Waals surface area (Å²) in [6, 6.07) is 1.72. The van der Waals surface area contributed by atoms with Gasteiger partial charge in [0.2, 0.25) is 0 Å². The van der Waals surface area contributed by atoms with Crippen molar-refractivity contribution in [2.24, 2.45) is 12.9 Å². The van der Waals surface area contributed by atoms with Crippen LogP contribution in [0.2, 0.25) is 0 Å². The molecular formula is C12H17N7O. The number of carbonyl (C=O) groups is 1. The first-order valence-corrected chi connectivity index (χ1v) is 6.16. The van der Waals surface area contributed by atoms with E-state index in [1.54, 1.807) is 12.4 Å². The quantitative estimate of drug-likeness (QED) is 0.514. The molecule has 0 radical (unpaired) electrons. The molecule has 2 aromatic rings. The van der Waals surface area contributed by atoms with E-state index in [1.807, 2.05) is 18.5 Å². The Kier molecular flexibility index (Phi) is 4.26. The number of hydrazine groups is 1. The number of nitrogen functional groups attached to an aromatic ring is 1. The number of nitrogens with two attached hydrogens (primary N) is 1. The Morgan fingerprint density at radius 3 is 2.95 bits per heavy atom. The lowest BCUT2D eigenvalue weighted by molar-refractivity contribution is 0.0954. The summed E-state index contributed by atoms with van der Waals surface area (Å²) < 4.78 is 1.81. The van der Waals surface area contributed by atoms with E-state index >= 15 is 0 Å². The fourth-order valence-corrected chi connectivity index (χ4v) is 1.78. The van der Waals surface area contributed by atoms with Crippen molar-refractivity contribution < 1.29 is 4.79 Å². The minimum atomic E-state index is -0.229. The number of amides is 1. The van der Waals surface area contributed by atoms with Crippen LogP contribution in [0.5, 0.6) is 0 Å². The highest BCUT2D eigenvalue weighted by molar-refractivity contribution is 5.99. The third kappa shape index (κ3) is 3.09. The van der Waals surface area contributed by atoms with Gasteiger partial charge in [-0.3, -0.25) is 15.6 Å². The maximum atomic E-state index is 12.1. The van der Waals surface area contributed by atoms with Gasteiger partial charge in [0.25, 0.3) is 5.91 Å². The van der Waals surface area contributed by atoms with Gasteiger partial charge in [-0.25, -0.2) is 0 Å². The van der Waals surface area contributed by atoms with Gasteiger partial charge >= 0.3 is 0 Å². The molecule has 8 nitrogen and oxygen atoms in total. The number of rotatable bonds is 5. The lowest BCUT2D eigenvalue weighted by Crippen LogP contribution is -2.28. The minimum Gasteiger partial charge on any atom is -0.351 e. The zero-order valence-corrected chi connectivity index (χ0v) is 11.4. The Morgan fingerprint density at radius 1 is 1.50 bits per heavy atom. The van der Waals surface area contributed by atoms with Crippen LogP contribution in [0.25, 0.3) is 0 Å². The summed E-state index contributed by atoms with van der Waals surface area (Å²) in [5.74, 6) is 5.98. The van der Waals surface area contributed by atoms with Crippen LogP contribution in [0, 0.1) is 6.92 Å². The first kappa shape index (κ1) is 13.9. The zero-order valence-electron chi connectivity index (χ0n) is 11.4. The van der Waals surface area contributed by atoms with Gasteiger partial charge in [0.1, 0.15) is 12.2 Å². The highest BCUT2D eigenvalue weighted by Gasteiger charge is 2.11. The molecular weight excluding hydrogens is 258 g/mol. The molecule has 0 bridgehead atoms. The Balaban J connectivity index is 1.97. The number of pyridine rings is 1. The number of carbonyl (C=O) groups excluding carboxylic acids is 1. The molecule has 0 aromatic carbocycles. The van der Waals surface area contributed by atoms with Crippen LogP contribution >= 0.6 is 0 Å². The van der Waals surface area contributed by atoms with Gasteiger partial charge in [-0.1, -0.05) is 0 Å². The number of anilines is 1. The van der Waals surface area contributed by atoms with Crippen molar-refractivity contribution in [3.8, 4) is 0 Å². The van der Waals surface area contributed by atoms with E-state index in [4.69, 9.17) is 5.84 Å². The van der Waals surface area contributed by atoms with Crippen molar-refractivity contribution in [3.63, 3.8) is 0 Å². The smallest absolute Gasteiger partial charge is 0.255 e. The van der Waals surface area contributed by atoms with Crippen LogP contribution in [0.15, 0.2) is 18.6 Å². The lowest BCUT2D eigenvalue weighted by Gasteiger charge is -2.09. The molecule has 0 saturated carbocycles. The second kappa shape index (κ2) is 6.11. The largest absolute Gasteiger partial charge is 0.351 e. The number of hydrogen-bond acceptors (Lipinski definition) is 6. The predicted molar refractivity (Wildman–Crippen MR) is 73.8 cm³/mol. The average Bonchev–Trinajstić information content (AvgIpc) is 2.84. The van der Waals surface area contributed by atoms with E-state index < -0.39 is 0 Å². The molecule has 106 valence electrons. The minimum absolute atomic E-state index is 0.229. The Hall–Kier alpha value is -2.48. The van der Waals surface area contributed by atoms with Crippen LogP contribution < -0.4 is 16.6 Å². The number of hydrogen-bond donors (Lipinski definition) is 3. The molecule has 0 aliphatic carbocycles. The van der Waals surface area contributed by atoms with Gasteiger partial charge in [0.05, 0.1) is 11.3 Å². The summed E-state index contributed by atoms with van der Waals surface area (Å²) in [6.07, 6.45) is 3.73. The van der Waals surface area contributed by atoms with Gasteiger partial charge in [0.15, 0.2) is 0 Å². The van der Waals surface area contributed by atoms with Gasteiger partial charge in [-0.2, -0.15) is 0 Å². The summed E-state index contributed by atoms with van der Waals surface area (Å²) in [6.45, 7) is 2.29. The summed E-state index contributed by atoms with van der Waals surface area (Å²) in [4.78, 5) is 16.2. The van der Waals surface area contributed by atoms with Gasteiger partial charge in [0, 0.05) is 31.9 Å². The SMILES string of the molecule is Cc1cc(NN)c(C(=O)NCCc2nncn2C)cn1. The molecule has 0 spiro atoms. The molecule has 0 aliphatic heterocycles. The Bertz CT molecular complexity index is 608. The monoisotopic (exact) mass is 275 g/mol. The molecule has 2 rings (SSSR count). The second-order valence-electron chi connectivity index (χ2n) is 4.38. The standard InChI is InChI=1S/C12H17N7O/c1-8-5-10(17-13)9(6-15-8)12(20)14-4-3-11-18-16-7-19(11)2/h5-7H,3-4,13H2,1-2H3,(H,14,20)(H,15,17).